The van der Waals surface area contributed by atoms with Crippen LogP contribution in [0.25, 0.3) is 11.5 Å². The monoisotopic (exact) mass is 479 g/mol. The van der Waals surface area contributed by atoms with E-state index in [2.05, 4.69) is 30.6 Å². The molecular formula is C18H13Cl2F2N9O. The molecular weight excluding hydrogens is 467 g/mol. The zero-order valence-corrected chi connectivity index (χ0v) is 17.8. The minimum Gasteiger partial charge on any atom is -0.306 e. The van der Waals surface area contributed by atoms with Crippen molar-refractivity contribution in [1.29, 1.82) is 0 Å². The van der Waals surface area contributed by atoms with E-state index in [1.165, 1.54) is 58.1 Å². The van der Waals surface area contributed by atoms with Crippen molar-refractivity contribution in [3.05, 3.63) is 52.8 Å². The fourth-order valence-corrected chi connectivity index (χ4v) is 4.05. The number of aromatic nitrogens is 7. The van der Waals surface area contributed by atoms with Crippen molar-refractivity contribution in [2.45, 2.75) is 18.8 Å². The topological polar surface area (TPSA) is 106 Å². The van der Waals surface area contributed by atoms with Crippen LogP contribution in [0.2, 0.25) is 10.2 Å². The van der Waals surface area contributed by atoms with Gasteiger partial charge in [0.15, 0.2) is 16.6 Å². The number of alkyl halides is 2. The average molecular weight is 480 g/mol. The highest BCUT2D eigenvalue weighted by Gasteiger charge is 2.50. The Morgan fingerprint density at radius 2 is 1.94 bits per heavy atom. The van der Waals surface area contributed by atoms with Crippen LogP contribution in [0.3, 0.4) is 0 Å². The molecule has 0 saturated heterocycles. The molecule has 14 heteroatoms. The lowest BCUT2D eigenvalue weighted by molar-refractivity contribution is 0.0651. The summed E-state index contributed by atoms with van der Waals surface area (Å²) in [6.45, 7) is 1.07. The Balaban J connectivity index is 1.49. The number of carbonyl (C=O) groups excluding carboxylic acids is 1. The predicted molar refractivity (Wildman–Crippen MR) is 112 cm³/mol. The minimum absolute atomic E-state index is 0.109. The van der Waals surface area contributed by atoms with Gasteiger partial charge in [0.1, 0.15) is 0 Å². The molecule has 4 aromatic heterocycles. The van der Waals surface area contributed by atoms with E-state index < -0.39 is 17.9 Å². The normalized spacial score (nSPS) is 17.9. The van der Waals surface area contributed by atoms with Crippen LogP contribution < -0.4 is 10.2 Å². The zero-order valence-electron chi connectivity index (χ0n) is 16.2. The van der Waals surface area contributed by atoms with E-state index in [4.69, 9.17) is 23.2 Å². The van der Waals surface area contributed by atoms with Gasteiger partial charge in [0.05, 0.1) is 52.3 Å². The van der Waals surface area contributed by atoms with Crippen molar-refractivity contribution in [1.82, 2.24) is 34.6 Å². The molecule has 1 atom stereocenters. The van der Waals surface area contributed by atoms with Crippen molar-refractivity contribution in [2.24, 2.45) is 0 Å². The maximum absolute atomic E-state index is 14.1. The van der Waals surface area contributed by atoms with Gasteiger partial charge in [-0.25, -0.2) is 28.1 Å². The number of rotatable bonds is 3. The third kappa shape index (κ3) is 3.14. The summed E-state index contributed by atoms with van der Waals surface area (Å²) in [6.07, 6.45) is 2.88. The summed E-state index contributed by atoms with van der Waals surface area (Å²) in [4.78, 5) is 23.8. The minimum atomic E-state index is -2.77. The molecule has 0 spiro atoms. The van der Waals surface area contributed by atoms with Gasteiger partial charge < -0.3 is 5.32 Å². The first-order chi connectivity index (χ1) is 15.3. The summed E-state index contributed by atoms with van der Waals surface area (Å²) in [5.74, 6) is 0.272. The van der Waals surface area contributed by atoms with Crippen LogP contribution in [-0.4, -0.2) is 53.6 Å². The molecule has 10 nitrogen and oxygen atoms in total. The molecule has 5 rings (SSSR count). The summed E-state index contributed by atoms with van der Waals surface area (Å²) in [5.41, 5.74) is -0.764. The van der Waals surface area contributed by atoms with Crippen molar-refractivity contribution < 1.29 is 13.6 Å². The number of urea groups is 1. The maximum Gasteiger partial charge on any atom is 0.326 e. The number of nitrogens with zero attached hydrogens (tertiary/aromatic N) is 8. The molecule has 0 saturated carbocycles. The Kier molecular flexibility index (Phi) is 4.71. The van der Waals surface area contributed by atoms with Gasteiger partial charge in [0.25, 0.3) is 6.43 Å². The summed E-state index contributed by atoms with van der Waals surface area (Å²) in [5, 5.41) is 14.9. The van der Waals surface area contributed by atoms with Crippen LogP contribution in [0, 0.1) is 0 Å². The number of pyridine rings is 1. The van der Waals surface area contributed by atoms with Crippen molar-refractivity contribution in [2.75, 3.05) is 16.8 Å². The summed E-state index contributed by atoms with van der Waals surface area (Å²) in [7, 11) is 0. The van der Waals surface area contributed by atoms with Crippen molar-refractivity contribution >= 4 is 46.3 Å². The number of fused-ring (bicyclic) bond motifs is 3. The van der Waals surface area contributed by atoms with Gasteiger partial charge in [-0.3, -0.25) is 4.90 Å². The Hall–Kier alpha value is -3.38. The summed E-state index contributed by atoms with van der Waals surface area (Å²) in [6, 6.07) is 2.27. The standard InChI is InChI=1S/C18H13Cl2F2N9O/c1-18(16(21)22)8-29(11-7-23-13-5-12(20)28-30(13)14(11)18)17(32)27-9-4-10(19)15(24-6-9)31-25-2-3-26-31/h2-7,16H,8H2,1H3,(H,27,32). The molecule has 164 valence electrons. The van der Waals surface area contributed by atoms with Gasteiger partial charge >= 0.3 is 6.03 Å². The van der Waals surface area contributed by atoms with Gasteiger partial charge in [-0.2, -0.15) is 15.3 Å². The fraction of sp³-hybridized carbons (Fsp3) is 0.222. The van der Waals surface area contributed by atoms with Gasteiger partial charge in [0.2, 0.25) is 0 Å². The van der Waals surface area contributed by atoms with Crippen LogP contribution in [0.5, 0.6) is 0 Å². The predicted octanol–water partition coefficient (Wildman–Crippen LogP) is 3.59. The second-order valence-corrected chi connectivity index (χ2v) is 8.11. The van der Waals surface area contributed by atoms with Crippen LogP contribution in [-0.2, 0) is 5.41 Å². The Bertz CT molecular complexity index is 1340. The first-order valence-corrected chi connectivity index (χ1v) is 9.97. The van der Waals surface area contributed by atoms with Gasteiger partial charge in [0, 0.05) is 12.6 Å². The maximum atomic E-state index is 14.1. The largest absolute Gasteiger partial charge is 0.326 e. The molecule has 0 radical (unpaired) electrons. The number of amides is 2. The van der Waals surface area contributed by atoms with Gasteiger partial charge in [-0.15, -0.1) is 4.80 Å². The number of hydrogen-bond donors (Lipinski definition) is 1. The molecule has 5 heterocycles. The van der Waals surface area contributed by atoms with Crippen LogP contribution >= 0.6 is 23.2 Å². The number of nitrogens with one attached hydrogen (secondary N) is 1. The Morgan fingerprint density at radius 3 is 2.62 bits per heavy atom. The summed E-state index contributed by atoms with van der Waals surface area (Å²) >= 11 is 12.2. The highest BCUT2D eigenvalue weighted by atomic mass is 35.5. The molecule has 0 fully saturated rings. The fourth-order valence-electron chi connectivity index (χ4n) is 3.63. The lowest BCUT2D eigenvalue weighted by Crippen LogP contribution is -2.41. The first-order valence-electron chi connectivity index (χ1n) is 9.21. The van der Waals surface area contributed by atoms with Gasteiger partial charge in [-0.05, 0) is 13.0 Å². The Morgan fingerprint density at radius 1 is 1.19 bits per heavy atom. The molecule has 0 aromatic carbocycles. The van der Waals surface area contributed by atoms with Crippen LogP contribution in [0.4, 0.5) is 25.0 Å². The quantitative estimate of drug-likeness (QED) is 0.481. The molecule has 1 aliphatic rings. The zero-order chi connectivity index (χ0) is 22.6. The van der Waals surface area contributed by atoms with E-state index in [1.54, 1.807) is 0 Å². The molecule has 0 bridgehead atoms. The van der Waals surface area contributed by atoms with E-state index in [9.17, 15) is 13.6 Å². The highest BCUT2D eigenvalue weighted by molar-refractivity contribution is 6.32. The Labute approximate surface area is 188 Å². The van der Waals surface area contributed by atoms with Crippen LogP contribution in [0.1, 0.15) is 12.6 Å². The first kappa shape index (κ1) is 20.5. The van der Waals surface area contributed by atoms with Crippen molar-refractivity contribution in [3.63, 3.8) is 0 Å². The molecule has 1 N–H and O–H groups in total. The number of hydrogen-bond acceptors (Lipinski definition) is 6. The highest BCUT2D eigenvalue weighted by Crippen LogP contribution is 2.44. The molecule has 4 aromatic rings. The second kappa shape index (κ2) is 7.35. The second-order valence-electron chi connectivity index (χ2n) is 7.31. The third-order valence-electron chi connectivity index (χ3n) is 5.16. The lowest BCUT2D eigenvalue weighted by Gasteiger charge is -2.24. The van der Waals surface area contributed by atoms with E-state index in [1.807, 2.05) is 0 Å². The van der Waals surface area contributed by atoms with E-state index in [-0.39, 0.29) is 39.6 Å². The van der Waals surface area contributed by atoms with E-state index >= 15 is 0 Å². The molecule has 2 amide bonds. The van der Waals surface area contributed by atoms with E-state index in [0.29, 0.717) is 5.65 Å². The molecule has 0 aliphatic carbocycles. The van der Waals surface area contributed by atoms with E-state index in [0.717, 1.165) is 0 Å². The molecule has 32 heavy (non-hydrogen) atoms. The number of anilines is 2. The number of carbonyl (C=O) groups is 1. The molecule has 1 unspecified atom stereocenters. The molecule has 1 aliphatic heterocycles. The SMILES string of the molecule is CC1(C(F)F)CN(C(=O)Nc2cnc(-n3nccn3)c(Cl)c2)c2cnc3cc(Cl)nn3c21. The third-order valence-corrected chi connectivity index (χ3v) is 5.62. The summed E-state index contributed by atoms with van der Waals surface area (Å²) < 4.78 is 29.5. The smallest absolute Gasteiger partial charge is 0.306 e. The van der Waals surface area contributed by atoms with Crippen molar-refractivity contribution in [3.8, 4) is 5.82 Å². The number of halogens is 4. The average Bonchev–Trinajstić information content (AvgIpc) is 3.45. The van der Waals surface area contributed by atoms with Crippen LogP contribution in [0.15, 0.2) is 36.9 Å². The van der Waals surface area contributed by atoms with Gasteiger partial charge in [-0.1, -0.05) is 23.2 Å². The lowest BCUT2D eigenvalue weighted by atomic mass is 9.89.